The fourth-order valence-corrected chi connectivity index (χ4v) is 2.18. The normalized spacial score (nSPS) is 11.9. The number of nitrogens with zero attached hydrogens (tertiary/aromatic N) is 1. The molecule has 0 bridgehead atoms. The monoisotopic (exact) mass is 321 g/mol. The predicted molar refractivity (Wildman–Crippen MR) is 80.3 cm³/mol. The largest absolute Gasteiger partial charge is 0.481 e. The van der Waals surface area contributed by atoms with Crippen molar-refractivity contribution >= 4 is 21.6 Å². The maximum absolute atomic E-state index is 5.83. The van der Waals surface area contributed by atoms with E-state index in [1.54, 1.807) is 13.3 Å². The first-order chi connectivity index (χ1) is 9.22. The number of benzene rings is 1. The molecule has 1 aromatic carbocycles. The van der Waals surface area contributed by atoms with E-state index in [1.807, 2.05) is 36.4 Å². The van der Waals surface area contributed by atoms with E-state index >= 15 is 0 Å². The fourth-order valence-electron chi connectivity index (χ4n) is 1.78. The highest BCUT2D eigenvalue weighted by atomic mass is 79.9. The fraction of sp³-hybridized carbons (Fsp3) is 0.214. The molecule has 2 rings (SSSR count). The molecule has 19 heavy (non-hydrogen) atoms. The van der Waals surface area contributed by atoms with Gasteiger partial charge in [0.15, 0.2) is 0 Å². The SMILES string of the molecule is COc1ccc(C(CN)Nc2cccc(Br)c2)cn1. The lowest BCUT2D eigenvalue weighted by atomic mass is 10.1. The molecule has 5 heteroatoms. The van der Waals surface area contributed by atoms with Crippen molar-refractivity contribution < 1.29 is 4.74 Å². The second kappa shape index (κ2) is 6.54. The number of nitrogens with two attached hydrogens (primary N) is 1. The van der Waals surface area contributed by atoms with Gasteiger partial charge >= 0.3 is 0 Å². The highest BCUT2D eigenvalue weighted by Crippen LogP contribution is 2.22. The molecule has 0 amide bonds. The molecular weight excluding hydrogens is 306 g/mol. The van der Waals surface area contributed by atoms with E-state index in [9.17, 15) is 0 Å². The summed E-state index contributed by atoms with van der Waals surface area (Å²) in [4.78, 5) is 4.20. The van der Waals surface area contributed by atoms with Gasteiger partial charge in [0.1, 0.15) is 0 Å². The van der Waals surface area contributed by atoms with Crippen molar-refractivity contribution in [2.24, 2.45) is 5.73 Å². The Morgan fingerprint density at radius 2 is 2.21 bits per heavy atom. The summed E-state index contributed by atoms with van der Waals surface area (Å²) >= 11 is 3.45. The van der Waals surface area contributed by atoms with Crippen LogP contribution in [0.4, 0.5) is 5.69 Å². The molecule has 3 N–H and O–H groups in total. The van der Waals surface area contributed by atoms with Crippen molar-refractivity contribution in [3.05, 3.63) is 52.6 Å². The summed E-state index contributed by atoms with van der Waals surface area (Å²) in [6.45, 7) is 0.487. The Bertz CT molecular complexity index is 530. The minimum Gasteiger partial charge on any atom is -0.481 e. The Balaban J connectivity index is 2.15. The lowest BCUT2D eigenvalue weighted by Crippen LogP contribution is -2.20. The predicted octanol–water partition coefficient (Wildman–Crippen LogP) is 2.96. The topological polar surface area (TPSA) is 60.2 Å². The molecule has 0 aliphatic heterocycles. The van der Waals surface area contributed by atoms with Crippen LogP contribution >= 0.6 is 15.9 Å². The summed E-state index contributed by atoms with van der Waals surface area (Å²) in [6, 6.07) is 11.8. The molecule has 2 aromatic rings. The van der Waals surface area contributed by atoms with Crippen LogP contribution in [0.25, 0.3) is 0 Å². The van der Waals surface area contributed by atoms with Gasteiger partial charge in [0, 0.05) is 29.0 Å². The van der Waals surface area contributed by atoms with Crippen LogP contribution in [0.3, 0.4) is 0 Å². The van der Waals surface area contributed by atoms with Crippen LogP contribution < -0.4 is 15.8 Å². The minimum absolute atomic E-state index is 0.0210. The van der Waals surface area contributed by atoms with E-state index in [4.69, 9.17) is 10.5 Å². The van der Waals surface area contributed by atoms with Crippen LogP contribution in [0.1, 0.15) is 11.6 Å². The van der Waals surface area contributed by atoms with Crippen molar-refractivity contribution in [2.45, 2.75) is 6.04 Å². The Labute approximate surface area is 121 Å². The van der Waals surface area contributed by atoms with Gasteiger partial charge in [0.25, 0.3) is 0 Å². The Morgan fingerprint density at radius 1 is 1.37 bits per heavy atom. The summed E-state index contributed by atoms with van der Waals surface area (Å²) in [6.07, 6.45) is 1.78. The molecule has 1 atom stereocenters. The molecule has 0 radical (unpaired) electrons. The van der Waals surface area contributed by atoms with E-state index in [0.717, 1.165) is 15.7 Å². The number of rotatable bonds is 5. The third-order valence-electron chi connectivity index (χ3n) is 2.77. The first-order valence-electron chi connectivity index (χ1n) is 5.95. The van der Waals surface area contributed by atoms with Crippen LogP contribution in [0.15, 0.2) is 47.1 Å². The number of ether oxygens (including phenoxy) is 1. The lowest BCUT2D eigenvalue weighted by molar-refractivity contribution is 0.397. The van der Waals surface area contributed by atoms with Crippen LogP contribution in [0.5, 0.6) is 5.88 Å². The Hall–Kier alpha value is -1.59. The van der Waals surface area contributed by atoms with Gasteiger partial charge in [0.05, 0.1) is 13.2 Å². The number of pyridine rings is 1. The molecule has 1 unspecified atom stereocenters. The van der Waals surface area contributed by atoms with Gasteiger partial charge in [-0.05, 0) is 23.8 Å². The number of aromatic nitrogens is 1. The highest BCUT2D eigenvalue weighted by molar-refractivity contribution is 9.10. The van der Waals surface area contributed by atoms with E-state index in [2.05, 4.69) is 26.2 Å². The molecule has 1 aromatic heterocycles. The van der Waals surface area contributed by atoms with Crippen molar-refractivity contribution in [1.82, 2.24) is 4.98 Å². The molecule has 0 saturated carbocycles. The molecule has 0 fully saturated rings. The number of anilines is 1. The minimum atomic E-state index is 0.0210. The third-order valence-corrected chi connectivity index (χ3v) is 3.27. The molecule has 0 spiro atoms. The number of halogens is 1. The van der Waals surface area contributed by atoms with Crippen molar-refractivity contribution in [1.29, 1.82) is 0 Å². The van der Waals surface area contributed by atoms with Gasteiger partial charge in [-0.1, -0.05) is 28.1 Å². The van der Waals surface area contributed by atoms with Gasteiger partial charge in [0.2, 0.25) is 5.88 Å². The zero-order valence-corrected chi connectivity index (χ0v) is 12.2. The zero-order valence-electron chi connectivity index (χ0n) is 10.6. The Kier molecular flexibility index (Phi) is 4.76. The molecule has 100 valence electrons. The molecule has 0 saturated heterocycles. The third kappa shape index (κ3) is 3.68. The maximum Gasteiger partial charge on any atom is 0.212 e. The smallest absolute Gasteiger partial charge is 0.212 e. The van der Waals surface area contributed by atoms with Crippen molar-refractivity contribution in [3.8, 4) is 5.88 Å². The summed E-state index contributed by atoms with van der Waals surface area (Å²) in [5.41, 5.74) is 7.87. The molecular formula is C14H16BrN3O. The number of nitrogens with one attached hydrogen (secondary N) is 1. The number of methoxy groups -OCH3 is 1. The van der Waals surface area contributed by atoms with Gasteiger partial charge in [-0.25, -0.2) is 4.98 Å². The summed E-state index contributed by atoms with van der Waals surface area (Å²) in [5, 5.41) is 3.39. The lowest BCUT2D eigenvalue weighted by Gasteiger charge is -2.18. The zero-order chi connectivity index (χ0) is 13.7. The molecule has 4 nitrogen and oxygen atoms in total. The van der Waals surface area contributed by atoms with Crippen molar-refractivity contribution in [2.75, 3.05) is 19.0 Å². The van der Waals surface area contributed by atoms with E-state index < -0.39 is 0 Å². The number of hydrogen-bond acceptors (Lipinski definition) is 4. The second-order valence-electron chi connectivity index (χ2n) is 4.08. The average molecular weight is 322 g/mol. The highest BCUT2D eigenvalue weighted by Gasteiger charge is 2.10. The first-order valence-corrected chi connectivity index (χ1v) is 6.74. The average Bonchev–Trinajstić information content (AvgIpc) is 2.45. The van der Waals surface area contributed by atoms with Crippen LogP contribution in [0.2, 0.25) is 0 Å². The van der Waals surface area contributed by atoms with Gasteiger partial charge in [-0.15, -0.1) is 0 Å². The van der Waals surface area contributed by atoms with E-state index in [-0.39, 0.29) is 6.04 Å². The van der Waals surface area contributed by atoms with Crippen molar-refractivity contribution in [3.63, 3.8) is 0 Å². The van der Waals surface area contributed by atoms with E-state index in [0.29, 0.717) is 12.4 Å². The molecule has 0 aliphatic rings. The summed E-state index contributed by atoms with van der Waals surface area (Å²) in [5.74, 6) is 0.599. The van der Waals surface area contributed by atoms with Crippen LogP contribution in [0, 0.1) is 0 Å². The van der Waals surface area contributed by atoms with Gasteiger partial charge < -0.3 is 15.8 Å². The summed E-state index contributed by atoms with van der Waals surface area (Å²) < 4.78 is 6.08. The first kappa shape index (κ1) is 13.8. The van der Waals surface area contributed by atoms with Crippen LogP contribution in [-0.4, -0.2) is 18.6 Å². The van der Waals surface area contributed by atoms with Gasteiger partial charge in [-0.2, -0.15) is 0 Å². The summed E-state index contributed by atoms with van der Waals surface area (Å²) in [7, 11) is 1.60. The maximum atomic E-state index is 5.83. The van der Waals surface area contributed by atoms with E-state index in [1.165, 1.54) is 0 Å². The van der Waals surface area contributed by atoms with Crippen LogP contribution in [-0.2, 0) is 0 Å². The van der Waals surface area contributed by atoms with Gasteiger partial charge in [-0.3, -0.25) is 0 Å². The molecule has 0 aliphatic carbocycles. The second-order valence-corrected chi connectivity index (χ2v) is 4.99. The quantitative estimate of drug-likeness (QED) is 0.888. The Morgan fingerprint density at radius 3 is 2.79 bits per heavy atom. The molecule has 1 heterocycles. The standard InChI is InChI=1S/C14H16BrN3O/c1-19-14-6-5-10(9-17-14)13(8-16)18-12-4-2-3-11(15)7-12/h2-7,9,13,18H,8,16H2,1H3. The number of hydrogen-bond donors (Lipinski definition) is 2.